The van der Waals surface area contributed by atoms with Crippen molar-refractivity contribution in [3.63, 3.8) is 0 Å². The minimum Gasteiger partial charge on any atom is -0.497 e. The fourth-order valence-corrected chi connectivity index (χ4v) is 4.03. The third-order valence-electron chi connectivity index (χ3n) is 5.75. The molecule has 32 heavy (non-hydrogen) atoms. The van der Waals surface area contributed by atoms with E-state index in [0.29, 0.717) is 5.56 Å². The molecule has 0 aliphatic carbocycles. The number of methoxy groups -OCH3 is 1. The van der Waals surface area contributed by atoms with Crippen molar-refractivity contribution in [2.24, 2.45) is 0 Å². The number of ether oxygens (including phenoxy) is 1. The van der Waals surface area contributed by atoms with E-state index in [2.05, 4.69) is 41.7 Å². The first-order valence-corrected chi connectivity index (χ1v) is 10.7. The average molecular weight is 426 g/mol. The zero-order valence-corrected chi connectivity index (χ0v) is 18.4. The topological polar surface area (TPSA) is 58.6 Å². The van der Waals surface area contributed by atoms with Gasteiger partial charge in [0, 0.05) is 6.54 Å². The lowest BCUT2D eigenvalue weighted by Gasteiger charge is -2.13. The van der Waals surface area contributed by atoms with Crippen molar-refractivity contribution in [1.29, 1.82) is 0 Å². The summed E-state index contributed by atoms with van der Waals surface area (Å²) in [7, 11) is 1.68. The van der Waals surface area contributed by atoms with Gasteiger partial charge in [-0.2, -0.15) is 0 Å². The quantitative estimate of drug-likeness (QED) is 0.348. The summed E-state index contributed by atoms with van der Waals surface area (Å²) in [6.45, 7) is 3.41. The predicted molar refractivity (Wildman–Crippen MR) is 129 cm³/mol. The monoisotopic (exact) mass is 425 g/mol. The summed E-state index contributed by atoms with van der Waals surface area (Å²) in [6, 6.07) is 26.4. The Kier molecular flexibility index (Phi) is 6.52. The number of carbonyl (C=O) groups is 1. The van der Waals surface area contributed by atoms with Crippen LogP contribution in [0.1, 0.15) is 27.0 Å². The molecular formula is C28H27NO3. The van der Waals surface area contributed by atoms with Crippen LogP contribution in [0.5, 0.6) is 5.75 Å². The van der Waals surface area contributed by atoms with E-state index in [1.807, 2.05) is 43.3 Å². The number of hydrogen-bond acceptors (Lipinski definition) is 3. The smallest absolute Gasteiger partial charge is 0.335 e. The Morgan fingerprint density at radius 1 is 0.938 bits per heavy atom. The summed E-state index contributed by atoms with van der Waals surface area (Å²) in [6.07, 6.45) is 0.914. The van der Waals surface area contributed by atoms with Crippen LogP contribution < -0.4 is 10.1 Å². The van der Waals surface area contributed by atoms with Crippen molar-refractivity contribution < 1.29 is 14.6 Å². The Bertz CT molecular complexity index is 1260. The van der Waals surface area contributed by atoms with E-state index < -0.39 is 5.97 Å². The second-order valence-corrected chi connectivity index (χ2v) is 7.98. The summed E-state index contributed by atoms with van der Waals surface area (Å²) in [4.78, 5) is 11.6. The van der Waals surface area contributed by atoms with Crippen LogP contribution in [0, 0.1) is 6.92 Å². The predicted octanol–water partition coefficient (Wildman–Crippen LogP) is 5.85. The van der Waals surface area contributed by atoms with E-state index in [0.717, 1.165) is 52.7 Å². The largest absolute Gasteiger partial charge is 0.497 e. The van der Waals surface area contributed by atoms with Crippen LogP contribution in [-0.2, 0) is 13.0 Å². The van der Waals surface area contributed by atoms with Crippen molar-refractivity contribution in [1.82, 2.24) is 5.32 Å². The second kappa shape index (κ2) is 9.67. The lowest BCUT2D eigenvalue weighted by molar-refractivity contribution is 0.0696. The van der Waals surface area contributed by atoms with Crippen LogP contribution in [0.2, 0.25) is 0 Å². The number of carboxylic acids is 1. The van der Waals surface area contributed by atoms with Gasteiger partial charge in [0.25, 0.3) is 0 Å². The molecule has 4 aromatic carbocycles. The molecule has 4 nitrogen and oxygen atoms in total. The van der Waals surface area contributed by atoms with Crippen molar-refractivity contribution in [2.45, 2.75) is 19.9 Å². The van der Waals surface area contributed by atoms with Crippen LogP contribution in [0.3, 0.4) is 0 Å². The highest BCUT2D eigenvalue weighted by atomic mass is 16.5. The summed E-state index contributed by atoms with van der Waals surface area (Å²) < 4.78 is 5.30. The number of hydrogen-bond donors (Lipinski definition) is 2. The number of fused-ring (bicyclic) bond motifs is 1. The van der Waals surface area contributed by atoms with Gasteiger partial charge in [-0.1, -0.05) is 48.5 Å². The zero-order chi connectivity index (χ0) is 22.5. The molecular weight excluding hydrogens is 398 g/mol. The van der Waals surface area contributed by atoms with Crippen molar-refractivity contribution in [2.75, 3.05) is 13.7 Å². The van der Waals surface area contributed by atoms with Gasteiger partial charge < -0.3 is 15.2 Å². The molecule has 0 fully saturated rings. The van der Waals surface area contributed by atoms with Gasteiger partial charge in [0.1, 0.15) is 5.75 Å². The van der Waals surface area contributed by atoms with Gasteiger partial charge in [-0.05, 0) is 88.8 Å². The molecule has 162 valence electrons. The molecule has 2 N–H and O–H groups in total. The number of aromatic carboxylic acids is 1. The molecule has 0 amide bonds. The molecule has 0 aliphatic rings. The summed E-state index contributed by atoms with van der Waals surface area (Å²) in [5, 5.41) is 15.4. The van der Waals surface area contributed by atoms with E-state index in [4.69, 9.17) is 4.74 Å². The van der Waals surface area contributed by atoms with Gasteiger partial charge in [0.2, 0.25) is 0 Å². The third kappa shape index (κ3) is 4.82. The van der Waals surface area contributed by atoms with E-state index in [1.54, 1.807) is 13.2 Å². The maximum absolute atomic E-state index is 11.6. The highest BCUT2D eigenvalue weighted by Crippen LogP contribution is 2.31. The minimum atomic E-state index is -0.899. The molecule has 0 unspecified atom stereocenters. The maximum Gasteiger partial charge on any atom is 0.335 e. The van der Waals surface area contributed by atoms with E-state index in [9.17, 15) is 9.90 Å². The SMILES string of the molecule is COc1cccc(CCNCc2cc(-c3ccc(C)c(C(=O)O)c3)c3ccccc3c2)c1. The van der Waals surface area contributed by atoms with Crippen molar-refractivity contribution in [3.8, 4) is 16.9 Å². The molecule has 0 heterocycles. The Labute approximate surface area is 188 Å². The molecule has 4 rings (SSSR count). The summed E-state index contributed by atoms with van der Waals surface area (Å²) in [5.41, 5.74) is 5.48. The molecule has 4 aromatic rings. The van der Waals surface area contributed by atoms with Crippen LogP contribution in [0.4, 0.5) is 0 Å². The van der Waals surface area contributed by atoms with Gasteiger partial charge in [-0.15, -0.1) is 0 Å². The lowest BCUT2D eigenvalue weighted by atomic mass is 9.93. The first kappa shape index (κ1) is 21.6. The molecule has 0 aromatic heterocycles. The van der Waals surface area contributed by atoms with Gasteiger partial charge in [-0.25, -0.2) is 4.79 Å². The molecule has 0 saturated carbocycles. The highest BCUT2D eigenvalue weighted by Gasteiger charge is 2.12. The summed E-state index contributed by atoms with van der Waals surface area (Å²) >= 11 is 0. The van der Waals surface area contributed by atoms with Gasteiger partial charge >= 0.3 is 5.97 Å². The number of carboxylic acid groups (broad SMARTS) is 1. The van der Waals surface area contributed by atoms with E-state index in [1.165, 1.54) is 11.1 Å². The molecule has 0 atom stereocenters. The van der Waals surface area contributed by atoms with E-state index in [-0.39, 0.29) is 0 Å². The molecule has 0 aliphatic heterocycles. The third-order valence-corrected chi connectivity index (χ3v) is 5.75. The fraction of sp³-hybridized carbons (Fsp3) is 0.179. The normalized spacial score (nSPS) is 10.9. The molecule has 4 heteroatoms. The number of rotatable bonds is 8. The standard InChI is InChI=1S/C28H27NO3/c1-19-10-11-23(17-26(19)28(30)31)27-16-21(14-22-7-3-4-9-25(22)27)18-29-13-12-20-6-5-8-24(15-20)32-2/h3-11,14-17,29H,12-13,18H2,1-2H3,(H,30,31). The molecule has 0 spiro atoms. The fourth-order valence-electron chi connectivity index (χ4n) is 4.03. The van der Waals surface area contributed by atoms with Crippen molar-refractivity contribution in [3.05, 3.63) is 101 Å². The van der Waals surface area contributed by atoms with Gasteiger partial charge in [0.05, 0.1) is 12.7 Å². The Balaban J connectivity index is 1.57. The van der Waals surface area contributed by atoms with Gasteiger partial charge in [-0.3, -0.25) is 0 Å². The maximum atomic E-state index is 11.6. The van der Waals surface area contributed by atoms with Gasteiger partial charge in [0.15, 0.2) is 0 Å². The first-order valence-electron chi connectivity index (χ1n) is 10.7. The molecule has 0 bridgehead atoms. The van der Waals surface area contributed by atoms with E-state index >= 15 is 0 Å². The lowest BCUT2D eigenvalue weighted by Crippen LogP contribution is -2.16. The summed E-state index contributed by atoms with van der Waals surface area (Å²) in [5.74, 6) is -0.0236. The molecule has 0 radical (unpaired) electrons. The van der Waals surface area contributed by atoms with Crippen molar-refractivity contribution >= 4 is 16.7 Å². The number of benzene rings is 4. The first-order chi connectivity index (χ1) is 15.5. The number of nitrogens with one attached hydrogen (secondary N) is 1. The van der Waals surface area contributed by atoms with Crippen LogP contribution in [0.15, 0.2) is 78.9 Å². The van der Waals surface area contributed by atoms with Crippen LogP contribution >= 0.6 is 0 Å². The number of aryl methyl sites for hydroxylation is 1. The Morgan fingerprint density at radius 3 is 2.59 bits per heavy atom. The Morgan fingerprint density at radius 2 is 1.78 bits per heavy atom. The highest BCUT2D eigenvalue weighted by molar-refractivity contribution is 5.99. The van der Waals surface area contributed by atoms with Crippen LogP contribution in [0.25, 0.3) is 21.9 Å². The van der Waals surface area contributed by atoms with Crippen LogP contribution in [-0.4, -0.2) is 24.7 Å². The Hall–Kier alpha value is -3.63. The minimum absolute atomic E-state index is 0.341. The zero-order valence-electron chi connectivity index (χ0n) is 18.4. The molecule has 0 saturated heterocycles. The average Bonchev–Trinajstić information content (AvgIpc) is 2.81. The second-order valence-electron chi connectivity index (χ2n) is 7.98.